The third-order valence-electron chi connectivity index (χ3n) is 3.52. The van der Waals surface area contributed by atoms with Gasteiger partial charge in [0.1, 0.15) is 0 Å². The van der Waals surface area contributed by atoms with Gasteiger partial charge in [0.25, 0.3) is 5.91 Å². The molecule has 0 spiro atoms. The quantitative estimate of drug-likeness (QED) is 0.868. The first-order valence-electron chi connectivity index (χ1n) is 6.15. The zero-order valence-corrected chi connectivity index (χ0v) is 10.4. The lowest BCUT2D eigenvalue weighted by Crippen LogP contribution is -2.45. The van der Waals surface area contributed by atoms with Crippen LogP contribution in [0.4, 0.5) is 0 Å². The van der Waals surface area contributed by atoms with E-state index in [1.807, 2.05) is 0 Å². The zero-order chi connectivity index (χ0) is 11.7. The number of hydrogen-bond acceptors (Lipinski definition) is 5. The highest BCUT2D eigenvalue weighted by Crippen LogP contribution is 2.29. The zero-order valence-electron chi connectivity index (χ0n) is 9.63. The van der Waals surface area contributed by atoms with E-state index in [1.54, 1.807) is 0 Å². The molecule has 2 fully saturated rings. The van der Waals surface area contributed by atoms with E-state index in [-0.39, 0.29) is 5.91 Å². The van der Waals surface area contributed by atoms with Gasteiger partial charge in [0.15, 0.2) is 5.69 Å². The van der Waals surface area contributed by atoms with Gasteiger partial charge in [0.2, 0.25) is 0 Å². The molecule has 2 heterocycles. The van der Waals surface area contributed by atoms with Crippen molar-refractivity contribution >= 4 is 17.6 Å². The summed E-state index contributed by atoms with van der Waals surface area (Å²) in [6.07, 6.45) is 6.36. The number of carbonyl (C=O) groups excluding carboxylic acids is 1. The molecule has 0 bridgehead atoms. The topological polar surface area (TPSA) is 58.1 Å². The van der Waals surface area contributed by atoms with Crippen LogP contribution in [-0.4, -0.2) is 44.7 Å². The molecule has 0 atom stereocenters. The fraction of sp³-hybridized carbons (Fsp3) is 0.727. The lowest BCUT2D eigenvalue weighted by Gasteiger charge is -2.32. The Morgan fingerprint density at radius 3 is 2.71 bits per heavy atom. The van der Waals surface area contributed by atoms with Crippen LogP contribution in [0.2, 0.25) is 0 Å². The molecular formula is C11H16N4OS. The summed E-state index contributed by atoms with van der Waals surface area (Å²) in [4.78, 5) is 14.3. The second kappa shape index (κ2) is 4.70. The maximum Gasteiger partial charge on any atom is 0.272 e. The molecule has 1 saturated heterocycles. The SMILES string of the molecule is O=C(NC1CCN(C2CC2)CC1)c1cnsn1. The van der Waals surface area contributed by atoms with E-state index >= 15 is 0 Å². The van der Waals surface area contributed by atoms with E-state index in [1.165, 1.54) is 19.0 Å². The van der Waals surface area contributed by atoms with E-state index in [0.717, 1.165) is 43.7 Å². The molecule has 2 aliphatic rings. The average molecular weight is 252 g/mol. The average Bonchev–Trinajstić information content (AvgIpc) is 3.05. The van der Waals surface area contributed by atoms with Crippen LogP contribution < -0.4 is 5.32 Å². The molecule has 0 radical (unpaired) electrons. The van der Waals surface area contributed by atoms with Crippen molar-refractivity contribution in [3.63, 3.8) is 0 Å². The van der Waals surface area contributed by atoms with Crippen molar-refractivity contribution in [2.45, 2.75) is 37.8 Å². The molecule has 3 rings (SSSR count). The lowest BCUT2D eigenvalue weighted by molar-refractivity contribution is 0.0905. The van der Waals surface area contributed by atoms with E-state index in [2.05, 4.69) is 19.0 Å². The molecule has 0 unspecified atom stereocenters. The predicted octanol–water partition coefficient (Wildman–Crippen LogP) is 0.895. The van der Waals surface area contributed by atoms with Crippen molar-refractivity contribution in [2.75, 3.05) is 13.1 Å². The first-order valence-corrected chi connectivity index (χ1v) is 6.88. The van der Waals surface area contributed by atoms with Crippen LogP contribution in [0.25, 0.3) is 0 Å². The fourth-order valence-electron chi connectivity index (χ4n) is 2.37. The number of nitrogens with zero attached hydrogens (tertiary/aromatic N) is 3. The van der Waals surface area contributed by atoms with Gasteiger partial charge < -0.3 is 10.2 Å². The second-order valence-electron chi connectivity index (χ2n) is 4.81. The van der Waals surface area contributed by atoms with Crippen LogP contribution in [0.15, 0.2) is 6.20 Å². The summed E-state index contributed by atoms with van der Waals surface area (Å²) in [6, 6.07) is 1.15. The number of rotatable bonds is 3. The van der Waals surface area contributed by atoms with Gasteiger partial charge in [-0.1, -0.05) is 0 Å². The number of carbonyl (C=O) groups is 1. The Kier molecular flexibility index (Phi) is 3.07. The van der Waals surface area contributed by atoms with Crippen molar-refractivity contribution in [3.8, 4) is 0 Å². The smallest absolute Gasteiger partial charge is 0.272 e. The molecular weight excluding hydrogens is 236 g/mol. The van der Waals surface area contributed by atoms with E-state index in [4.69, 9.17) is 0 Å². The number of piperidine rings is 1. The van der Waals surface area contributed by atoms with Gasteiger partial charge in [-0.3, -0.25) is 4.79 Å². The Bertz CT molecular complexity index is 382. The maximum absolute atomic E-state index is 11.8. The molecule has 1 amide bonds. The standard InChI is InChI=1S/C11H16N4OS/c16-11(10-7-12-17-14-10)13-8-3-5-15(6-4-8)9-1-2-9/h7-9H,1-6H2,(H,13,16). The van der Waals surface area contributed by atoms with E-state index < -0.39 is 0 Å². The predicted molar refractivity (Wildman–Crippen MR) is 65.0 cm³/mol. The third-order valence-corrected chi connectivity index (χ3v) is 4.00. The van der Waals surface area contributed by atoms with Gasteiger partial charge in [-0.2, -0.15) is 8.75 Å². The van der Waals surface area contributed by atoms with Gasteiger partial charge in [0, 0.05) is 25.2 Å². The molecule has 1 aliphatic carbocycles. The Balaban J connectivity index is 1.48. The van der Waals surface area contributed by atoms with Crippen molar-refractivity contribution in [3.05, 3.63) is 11.9 Å². The molecule has 1 aromatic heterocycles. The Morgan fingerprint density at radius 1 is 1.35 bits per heavy atom. The molecule has 0 aromatic carbocycles. The van der Waals surface area contributed by atoms with Crippen LogP contribution in [0.1, 0.15) is 36.2 Å². The molecule has 6 heteroatoms. The minimum atomic E-state index is -0.0800. The van der Waals surface area contributed by atoms with E-state index in [0.29, 0.717) is 11.7 Å². The van der Waals surface area contributed by atoms with Crippen molar-refractivity contribution in [2.24, 2.45) is 0 Å². The summed E-state index contributed by atoms with van der Waals surface area (Å²) in [5.41, 5.74) is 0.444. The van der Waals surface area contributed by atoms with Gasteiger partial charge in [-0.15, -0.1) is 0 Å². The summed E-state index contributed by atoms with van der Waals surface area (Å²) < 4.78 is 7.78. The number of aromatic nitrogens is 2. The van der Waals surface area contributed by atoms with Crippen LogP contribution in [0.3, 0.4) is 0 Å². The normalized spacial score (nSPS) is 22.6. The van der Waals surface area contributed by atoms with Crippen LogP contribution in [0, 0.1) is 0 Å². The summed E-state index contributed by atoms with van der Waals surface area (Å²) in [7, 11) is 0. The van der Waals surface area contributed by atoms with Gasteiger partial charge in [-0.05, 0) is 25.7 Å². The molecule has 17 heavy (non-hydrogen) atoms. The highest BCUT2D eigenvalue weighted by molar-refractivity contribution is 6.99. The second-order valence-corrected chi connectivity index (χ2v) is 5.36. The third kappa shape index (κ3) is 2.63. The maximum atomic E-state index is 11.8. The Labute approximate surface area is 105 Å². The number of likely N-dealkylation sites (tertiary alicyclic amines) is 1. The molecule has 1 aromatic rings. The van der Waals surface area contributed by atoms with Crippen LogP contribution in [0.5, 0.6) is 0 Å². The summed E-state index contributed by atoms with van der Waals surface area (Å²) >= 11 is 1.07. The molecule has 1 aliphatic heterocycles. The lowest BCUT2D eigenvalue weighted by atomic mass is 10.0. The highest BCUT2D eigenvalue weighted by Gasteiger charge is 2.32. The number of nitrogens with one attached hydrogen (secondary N) is 1. The number of hydrogen-bond donors (Lipinski definition) is 1. The largest absolute Gasteiger partial charge is 0.348 e. The minimum Gasteiger partial charge on any atom is -0.348 e. The monoisotopic (exact) mass is 252 g/mol. The van der Waals surface area contributed by atoms with Crippen molar-refractivity contribution < 1.29 is 4.79 Å². The Morgan fingerprint density at radius 2 is 2.12 bits per heavy atom. The fourth-order valence-corrected chi connectivity index (χ4v) is 2.78. The van der Waals surface area contributed by atoms with Gasteiger partial charge >= 0.3 is 0 Å². The molecule has 1 saturated carbocycles. The van der Waals surface area contributed by atoms with Gasteiger partial charge in [-0.25, -0.2) is 0 Å². The van der Waals surface area contributed by atoms with Crippen LogP contribution in [-0.2, 0) is 0 Å². The highest BCUT2D eigenvalue weighted by atomic mass is 32.1. The minimum absolute atomic E-state index is 0.0800. The summed E-state index contributed by atoms with van der Waals surface area (Å²) in [5, 5.41) is 3.04. The van der Waals surface area contributed by atoms with Crippen LogP contribution >= 0.6 is 11.7 Å². The van der Waals surface area contributed by atoms with Crippen molar-refractivity contribution in [1.82, 2.24) is 19.0 Å². The number of amides is 1. The molecule has 5 nitrogen and oxygen atoms in total. The van der Waals surface area contributed by atoms with Gasteiger partial charge in [0.05, 0.1) is 17.9 Å². The molecule has 1 N–H and O–H groups in total. The summed E-state index contributed by atoms with van der Waals surface area (Å²) in [6.45, 7) is 2.23. The van der Waals surface area contributed by atoms with E-state index in [9.17, 15) is 4.79 Å². The first-order chi connectivity index (χ1) is 8.33. The first kappa shape index (κ1) is 11.1. The summed E-state index contributed by atoms with van der Waals surface area (Å²) in [5.74, 6) is -0.0800. The Hall–Kier alpha value is -1.01. The van der Waals surface area contributed by atoms with Crippen molar-refractivity contribution in [1.29, 1.82) is 0 Å². The molecule has 92 valence electrons.